The van der Waals surface area contributed by atoms with Crippen LogP contribution in [0.3, 0.4) is 0 Å². The van der Waals surface area contributed by atoms with Crippen LogP contribution in [0.25, 0.3) is 0 Å². The molecule has 0 saturated heterocycles. The molecule has 0 spiro atoms. The van der Waals surface area contributed by atoms with Gasteiger partial charge in [0.25, 0.3) is 0 Å². The van der Waals surface area contributed by atoms with Crippen LogP contribution < -0.4 is 4.74 Å². The minimum Gasteiger partial charge on any atom is -0.493 e. The highest BCUT2D eigenvalue weighted by atomic mass is 16.5. The standard InChI is InChI=1S/C11H9NO3/c1-2-15-11-4-8(5-12)3-9(6-13)10(11)7-14/h3-4,6-7H,2H2,1H3. The highest BCUT2D eigenvalue weighted by Crippen LogP contribution is 2.22. The summed E-state index contributed by atoms with van der Waals surface area (Å²) in [6.07, 6.45) is 1.09. The van der Waals surface area contributed by atoms with Gasteiger partial charge in [0.2, 0.25) is 0 Å². The van der Waals surface area contributed by atoms with E-state index in [9.17, 15) is 9.59 Å². The van der Waals surface area contributed by atoms with Crippen molar-refractivity contribution in [3.8, 4) is 11.8 Å². The first kappa shape index (κ1) is 10.9. The van der Waals surface area contributed by atoms with Crippen LogP contribution in [0.5, 0.6) is 5.75 Å². The number of carbonyl (C=O) groups is 2. The maximum Gasteiger partial charge on any atom is 0.154 e. The minimum atomic E-state index is 0.174. The van der Waals surface area contributed by atoms with Crippen LogP contribution in [0.4, 0.5) is 0 Å². The van der Waals surface area contributed by atoms with Crippen molar-refractivity contribution in [2.75, 3.05) is 6.61 Å². The quantitative estimate of drug-likeness (QED) is 0.697. The van der Waals surface area contributed by atoms with Gasteiger partial charge in [0.1, 0.15) is 5.75 Å². The molecule has 0 heterocycles. The van der Waals surface area contributed by atoms with Gasteiger partial charge in [-0.1, -0.05) is 0 Å². The van der Waals surface area contributed by atoms with Crippen LogP contribution in [0, 0.1) is 11.3 Å². The number of hydrogen-bond acceptors (Lipinski definition) is 4. The van der Waals surface area contributed by atoms with Crippen molar-refractivity contribution in [2.45, 2.75) is 6.92 Å². The van der Waals surface area contributed by atoms with E-state index in [1.165, 1.54) is 12.1 Å². The average molecular weight is 203 g/mol. The summed E-state index contributed by atoms with van der Waals surface area (Å²) in [5.41, 5.74) is 0.657. The monoisotopic (exact) mass is 203 g/mol. The molecule has 1 rings (SSSR count). The highest BCUT2D eigenvalue weighted by molar-refractivity contribution is 5.93. The highest BCUT2D eigenvalue weighted by Gasteiger charge is 2.10. The topological polar surface area (TPSA) is 67.2 Å². The maximum absolute atomic E-state index is 10.8. The molecule has 0 aliphatic carbocycles. The van der Waals surface area contributed by atoms with Crippen molar-refractivity contribution < 1.29 is 14.3 Å². The van der Waals surface area contributed by atoms with Crippen molar-refractivity contribution in [2.24, 2.45) is 0 Å². The maximum atomic E-state index is 10.8. The van der Waals surface area contributed by atoms with E-state index in [2.05, 4.69) is 0 Å². The third-order valence-electron chi connectivity index (χ3n) is 1.85. The second-order valence-corrected chi connectivity index (χ2v) is 2.76. The van der Waals surface area contributed by atoms with E-state index < -0.39 is 0 Å². The molecule has 0 aliphatic rings. The number of nitrogens with zero attached hydrogens (tertiary/aromatic N) is 1. The summed E-state index contributed by atoms with van der Waals surface area (Å²) in [6.45, 7) is 2.13. The molecule has 0 atom stereocenters. The van der Waals surface area contributed by atoms with Gasteiger partial charge >= 0.3 is 0 Å². The SMILES string of the molecule is CCOc1cc(C#N)cc(C=O)c1C=O. The van der Waals surface area contributed by atoms with Gasteiger partial charge in [-0.25, -0.2) is 0 Å². The van der Waals surface area contributed by atoms with Gasteiger partial charge in [0.15, 0.2) is 12.6 Å². The summed E-state index contributed by atoms with van der Waals surface area (Å²) >= 11 is 0. The Morgan fingerprint density at radius 1 is 1.40 bits per heavy atom. The lowest BCUT2D eigenvalue weighted by molar-refractivity contribution is 0.109. The van der Waals surface area contributed by atoms with Crippen LogP contribution in [0.2, 0.25) is 0 Å². The second-order valence-electron chi connectivity index (χ2n) is 2.76. The van der Waals surface area contributed by atoms with Gasteiger partial charge < -0.3 is 4.74 Å². The molecule has 0 aromatic heterocycles. The van der Waals surface area contributed by atoms with Crippen LogP contribution in [-0.4, -0.2) is 19.2 Å². The van der Waals surface area contributed by atoms with Gasteiger partial charge in [-0.3, -0.25) is 9.59 Å². The predicted octanol–water partition coefficient (Wildman–Crippen LogP) is 1.58. The molecule has 0 unspecified atom stereocenters. The lowest BCUT2D eigenvalue weighted by Gasteiger charge is -2.07. The van der Waals surface area contributed by atoms with Gasteiger partial charge in [0.05, 0.1) is 23.8 Å². The summed E-state index contributed by atoms with van der Waals surface area (Å²) in [6, 6.07) is 4.70. The van der Waals surface area contributed by atoms with Crippen molar-refractivity contribution in [1.82, 2.24) is 0 Å². The fourth-order valence-corrected chi connectivity index (χ4v) is 1.21. The van der Waals surface area contributed by atoms with Crippen LogP contribution in [0.1, 0.15) is 33.2 Å². The van der Waals surface area contributed by atoms with Crippen molar-refractivity contribution in [3.05, 3.63) is 28.8 Å². The van der Waals surface area contributed by atoms with Gasteiger partial charge in [0, 0.05) is 5.56 Å². The lowest BCUT2D eigenvalue weighted by atomic mass is 10.0. The third-order valence-corrected chi connectivity index (χ3v) is 1.85. The van der Waals surface area contributed by atoms with Crippen molar-refractivity contribution >= 4 is 12.6 Å². The number of hydrogen-bond donors (Lipinski definition) is 0. The van der Waals surface area contributed by atoms with Crippen LogP contribution in [-0.2, 0) is 0 Å². The zero-order valence-electron chi connectivity index (χ0n) is 8.19. The Bertz CT molecular complexity index is 432. The average Bonchev–Trinajstić information content (AvgIpc) is 2.28. The molecule has 0 amide bonds. The Balaban J connectivity index is 3.39. The van der Waals surface area contributed by atoms with E-state index in [0.717, 1.165) is 0 Å². The smallest absolute Gasteiger partial charge is 0.154 e. The van der Waals surface area contributed by atoms with E-state index in [0.29, 0.717) is 24.7 Å². The first-order valence-corrected chi connectivity index (χ1v) is 4.38. The Hall–Kier alpha value is -2.15. The lowest BCUT2D eigenvalue weighted by Crippen LogP contribution is -2.00. The molecule has 4 nitrogen and oxygen atoms in total. The first-order valence-electron chi connectivity index (χ1n) is 4.38. The van der Waals surface area contributed by atoms with Gasteiger partial charge in [-0.05, 0) is 19.1 Å². The molecule has 76 valence electrons. The Kier molecular flexibility index (Phi) is 3.58. The Morgan fingerprint density at radius 3 is 2.60 bits per heavy atom. The van der Waals surface area contributed by atoms with E-state index in [4.69, 9.17) is 10.00 Å². The number of rotatable bonds is 4. The molecule has 15 heavy (non-hydrogen) atoms. The number of ether oxygens (including phenoxy) is 1. The van der Waals surface area contributed by atoms with E-state index >= 15 is 0 Å². The zero-order chi connectivity index (χ0) is 11.3. The second kappa shape index (κ2) is 4.91. The number of carbonyl (C=O) groups excluding carboxylic acids is 2. The molecule has 0 aliphatic heterocycles. The number of nitriles is 1. The van der Waals surface area contributed by atoms with Crippen LogP contribution >= 0.6 is 0 Å². The van der Waals surface area contributed by atoms with Crippen LogP contribution in [0.15, 0.2) is 12.1 Å². The summed E-state index contributed by atoms with van der Waals surface area (Å²) in [5.74, 6) is 0.272. The Morgan fingerprint density at radius 2 is 2.13 bits per heavy atom. The van der Waals surface area contributed by atoms with E-state index in [-0.39, 0.29) is 16.9 Å². The molecule has 1 aromatic carbocycles. The summed E-state index contributed by atoms with van der Waals surface area (Å²) in [5, 5.41) is 8.70. The third kappa shape index (κ3) is 2.20. The molecule has 0 saturated carbocycles. The molecule has 0 fully saturated rings. The summed E-state index contributed by atoms with van der Waals surface area (Å²) in [4.78, 5) is 21.4. The van der Waals surface area contributed by atoms with E-state index in [1.807, 2.05) is 6.07 Å². The first-order chi connectivity index (χ1) is 7.26. The van der Waals surface area contributed by atoms with Crippen molar-refractivity contribution in [3.63, 3.8) is 0 Å². The fourth-order valence-electron chi connectivity index (χ4n) is 1.21. The summed E-state index contributed by atoms with van der Waals surface area (Å²) < 4.78 is 5.17. The number of benzene rings is 1. The molecular weight excluding hydrogens is 194 g/mol. The summed E-state index contributed by atoms with van der Waals surface area (Å²) in [7, 11) is 0. The van der Waals surface area contributed by atoms with Crippen molar-refractivity contribution in [1.29, 1.82) is 5.26 Å². The Labute approximate surface area is 87.1 Å². The minimum absolute atomic E-state index is 0.174. The zero-order valence-corrected chi connectivity index (χ0v) is 8.19. The number of aldehydes is 2. The molecule has 4 heteroatoms. The molecular formula is C11H9NO3. The fraction of sp³-hybridized carbons (Fsp3) is 0.182. The molecule has 0 bridgehead atoms. The van der Waals surface area contributed by atoms with Gasteiger partial charge in [-0.15, -0.1) is 0 Å². The molecule has 0 radical (unpaired) electrons. The molecule has 0 N–H and O–H groups in total. The normalized spacial score (nSPS) is 9.07. The predicted molar refractivity (Wildman–Crippen MR) is 53.1 cm³/mol. The largest absolute Gasteiger partial charge is 0.493 e. The van der Waals surface area contributed by atoms with Gasteiger partial charge in [-0.2, -0.15) is 5.26 Å². The van der Waals surface area contributed by atoms with E-state index in [1.54, 1.807) is 6.92 Å². The molecule has 1 aromatic rings.